The van der Waals surface area contributed by atoms with Gasteiger partial charge >= 0.3 is 0 Å². The predicted octanol–water partition coefficient (Wildman–Crippen LogP) is 1.95. The van der Waals surface area contributed by atoms with Gasteiger partial charge in [-0.2, -0.15) is 0 Å². The molecule has 0 aliphatic carbocycles. The van der Waals surface area contributed by atoms with Crippen LogP contribution < -0.4 is 10.6 Å². The molecule has 2 N–H and O–H groups in total. The van der Waals surface area contributed by atoms with Crippen LogP contribution in [0.15, 0.2) is 18.2 Å². The SMILES string of the molecule is CC(C(=O)NCc1ccc(F)c(Cl)c1)C1CNC1. The molecule has 0 spiro atoms. The van der Waals surface area contributed by atoms with Gasteiger partial charge in [0, 0.05) is 12.5 Å². The van der Waals surface area contributed by atoms with E-state index in [0.29, 0.717) is 12.5 Å². The maximum absolute atomic E-state index is 13.0. The Balaban J connectivity index is 1.86. The zero-order valence-corrected chi connectivity index (χ0v) is 10.9. The third kappa shape index (κ3) is 3.00. The van der Waals surface area contributed by atoms with E-state index in [2.05, 4.69) is 10.6 Å². The fourth-order valence-corrected chi connectivity index (χ4v) is 2.08. The molecule has 1 unspecified atom stereocenters. The van der Waals surface area contributed by atoms with Crippen LogP contribution in [0.5, 0.6) is 0 Å². The molecule has 18 heavy (non-hydrogen) atoms. The third-order valence-corrected chi connectivity index (χ3v) is 3.67. The summed E-state index contributed by atoms with van der Waals surface area (Å²) >= 11 is 5.68. The van der Waals surface area contributed by atoms with Crippen LogP contribution in [-0.2, 0) is 11.3 Å². The van der Waals surface area contributed by atoms with E-state index in [1.54, 1.807) is 6.07 Å². The molecule has 0 saturated carbocycles. The minimum atomic E-state index is -0.444. The second-order valence-corrected chi connectivity index (χ2v) is 5.08. The summed E-state index contributed by atoms with van der Waals surface area (Å²) in [6.45, 7) is 4.11. The number of hydrogen-bond acceptors (Lipinski definition) is 2. The summed E-state index contributed by atoms with van der Waals surface area (Å²) in [5.74, 6) is 0.00609. The molecule has 3 nitrogen and oxygen atoms in total. The van der Waals surface area contributed by atoms with Crippen molar-refractivity contribution in [1.82, 2.24) is 10.6 Å². The Bertz CT molecular complexity index is 449. The van der Waals surface area contributed by atoms with E-state index in [1.165, 1.54) is 12.1 Å². The van der Waals surface area contributed by atoms with Crippen molar-refractivity contribution in [1.29, 1.82) is 0 Å². The summed E-state index contributed by atoms with van der Waals surface area (Å²) in [4.78, 5) is 11.9. The van der Waals surface area contributed by atoms with Crippen molar-refractivity contribution < 1.29 is 9.18 Å². The fraction of sp³-hybridized carbons (Fsp3) is 0.462. The quantitative estimate of drug-likeness (QED) is 0.878. The Morgan fingerprint density at radius 1 is 1.61 bits per heavy atom. The van der Waals surface area contributed by atoms with Gasteiger partial charge in [0.25, 0.3) is 0 Å². The fourth-order valence-electron chi connectivity index (χ4n) is 1.88. The average Bonchev–Trinajstić information content (AvgIpc) is 2.28. The largest absolute Gasteiger partial charge is 0.352 e. The molecule has 2 rings (SSSR count). The molecule has 1 aliphatic rings. The zero-order chi connectivity index (χ0) is 13.1. The van der Waals surface area contributed by atoms with Crippen LogP contribution in [0.4, 0.5) is 4.39 Å². The lowest BCUT2D eigenvalue weighted by Gasteiger charge is -2.31. The first kappa shape index (κ1) is 13.3. The lowest BCUT2D eigenvalue weighted by molar-refractivity contribution is -0.126. The van der Waals surface area contributed by atoms with Crippen LogP contribution in [0.3, 0.4) is 0 Å². The normalized spacial score (nSPS) is 17.1. The first-order valence-corrected chi connectivity index (χ1v) is 6.38. The molecule has 5 heteroatoms. The molecule has 1 amide bonds. The van der Waals surface area contributed by atoms with Crippen molar-refractivity contribution in [2.75, 3.05) is 13.1 Å². The minimum Gasteiger partial charge on any atom is -0.352 e. The van der Waals surface area contributed by atoms with Crippen LogP contribution >= 0.6 is 11.6 Å². The highest BCUT2D eigenvalue weighted by Crippen LogP contribution is 2.17. The molecule has 1 fully saturated rings. The van der Waals surface area contributed by atoms with Gasteiger partial charge in [-0.1, -0.05) is 24.6 Å². The predicted molar refractivity (Wildman–Crippen MR) is 68.8 cm³/mol. The Morgan fingerprint density at radius 3 is 2.89 bits per heavy atom. The number of hydrogen-bond donors (Lipinski definition) is 2. The monoisotopic (exact) mass is 270 g/mol. The molecular weight excluding hydrogens is 255 g/mol. The molecule has 0 aromatic heterocycles. The number of amides is 1. The number of benzene rings is 1. The van der Waals surface area contributed by atoms with Crippen LogP contribution in [0.1, 0.15) is 12.5 Å². The molecule has 0 bridgehead atoms. The van der Waals surface area contributed by atoms with E-state index >= 15 is 0 Å². The van der Waals surface area contributed by atoms with Crippen molar-refractivity contribution in [3.63, 3.8) is 0 Å². The summed E-state index contributed by atoms with van der Waals surface area (Å²) in [5.41, 5.74) is 0.800. The minimum absolute atomic E-state index is 0.00201. The molecule has 98 valence electrons. The highest BCUT2D eigenvalue weighted by molar-refractivity contribution is 6.30. The first-order chi connectivity index (χ1) is 8.58. The van der Waals surface area contributed by atoms with E-state index < -0.39 is 5.82 Å². The molecule has 1 aromatic rings. The summed E-state index contributed by atoms with van der Waals surface area (Å²) in [5, 5.41) is 6.07. The third-order valence-electron chi connectivity index (χ3n) is 3.38. The maximum atomic E-state index is 13.0. The van der Waals surface area contributed by atoms with Gasteiger partial charge in [-0.15, -0.1) is 0 Å². The number of carbonyl (C=O) groups excluding carboxylic acids is 1. The molecule has 1 atom stereocenters. The van der Waals surface area contributed by atoms with E-state index in [4.69, 9.17) is 11.6 Å². The van der Waals surface area contributed by atoms with Crippen molar-refractivity contribution in [3.8, 4) is 0 Å². The molecular formula is C13H16ClFN2O. The van der Waals surface area contributed by atoms with Crippen molar-refractivity contribution in [2.24, 2.45) is 11.8 Å². The van der Waals surface area contributed by atoms with Crippen LogP contribution in [0.25, 0.3) is 0 Å². The Hall–Kier alpha value is -1.13. The molecule has 1 aliphatic heterocycles. The highest BCUT2D eigenvalue weighted by atomic mass is 35.5. The van der Waals surface area contributed by atoms with Gasteiger partial charge in [-0.25, -0.2) is 4.39 Å². The summed E-state index contributed by atoms with van der Waals surface area (Å²) in [6, 6.07) is 4.47. The number of halogens is 2. The van der Waals surface area contributed by atoms with Gasteiger partial charge < -0.3 is 10.6 Å². The second kappa shape index (κ2) is 5.67. The first-order valence-electron chi connectivity index (χ1n) is 6.00. The zero-order valence-electron chi connectivity index (χ0n) is 10.2. The average molecular weight is 271 g/mol. The Kier molecular flexibility index (Phi) is 4.19. The number of rotatable bonds is 4. The Morgan fingerprint density at radius 2 is 2.33 bits per heavy atom. The topological polar surface area (TPSA) is 41.1 Å². The second-order valence-electron chi connectivity index (χ2n) is 4.67. The molecule has 1 heterocycles. The molecule has 0 radical (unpaired) electrons. The van der Waals surface area contributed by atoms with Crippen molar-refractivity contribution >= 4 is 17.5 Å². The molecule has 1 aromatic carbocycles. The van der Waals surface area contributed by atoms with Crippen LogP contribution in [-0.4, -0.2) is 19.0 Å². The van der Waals surface area contributed by atoms with Crippen LogP contribution in [0, 0.1) is 17.7 Å². The van der Waals surface area contributed by atoms with E-state index in [1.807, 2.05) is 6.92 Å². The number of carbonyl (C=O) groups is 1. The summed E-state index contributed by atoms with van der Waals surface area (Å²) in [6.07, 6.45) is 0. The summed E-state index contributed by atoms with van der Waals surface area (Å²) in [7, 11) is 0. The van der Waals surface area contributed by atoms with Gasteiger partial charge in [-0.05, 0) is 36.7 Å². The van der Waals surface area contributed by atoms with Gasteiger partial charge in [0.05, 0.1) is 5.02 Å². The van der Waals surface area contributed by atoms with E-state index in [9.17, 15) is 9.18 Å². The van der Waals surface area contributed by atoms with E-state index in [-0.39, 0.29) is 16.8 Å². The molecule has 1 saturated heterocycles. The summed E-state index contributed by atoms with van der Waals surface area (Å²) < 4.78 is 13.0. The maximum Gasteiger partial charge on any atom is 0.223 e. The van der Waals surface area contributed by atoms with Crippen molar-refractivity contribution in [3.05, 3.63) is 34.6 Å². The van der Waals surface area contributed by atoms with Crippen molar-refractivity contribution in [2.45, 2.75) is 13.5 Å². The smallest absolute Gasteiger partial charge is 0.223 e. The number of nitrogens with one attached hydrogen (secondary N) is 2. The van der Waals surface area contributed by atoms with Gasteiger partial charge in [0.1, 0.15) is 5.82 Å². The Labute approximate surface area is 111 Å². The lowest BCUT2D eigenvalue weighted by Crippen LogP contribution is -2.49. The van der Waals surface area contributed by atoms with E-state index in [0.717, 1.165) is 18.7 Å². The van der Waals surface area contributed by atoms with Gasteiger partial charge in [-0.3, -0.25) is 4.79 Å². The standard InChI is InChI=1S/C13H16ClFN2O/c1-8(10-6-16-7-10)13(18)17-5-9-2-3-12(15)11(14)4-9/h2-4,8,10,16H,5-7H2,1H3,(H,17,18). The lowest BCUT2D eigenvalue weighted by atomic mass is 9.88. The van der Waals surface area contributed by atoms with Gasteiger partial charge in [0.2, 0.25) is 5.91 Å². The highest BCUT2D eigenvalue weighted by Gasteiger charge is 2.28. The van der Waals surface area contributed by atoms with Crippen LogP contribution in [0.2, 0.25) is 5.02 Å². The van der Waals surface area contributed by atoms with Gasteiger partial charge in [0.15, 0.2) is 0 Å².